The largest absolute Gasteiger partial charge is 0.493 e. The summed E-state index contributed by atoms with van der Waals surface area (Å²) in [5.41, 5.74) is 0.898. The van der Waals surface area contributed by atoms with Gasteiger partial charge in [0.1, 0.15) is 4.83 Å². The summed E-state index contributed by atoms with van der Waals surface area (Å²) in [5, 5.41) is 0.457. The molecule has 9 nitrogen and oxygen atoms in total. The highest BCUT2D eigenvalue weighted by molar-refractivity contribution is 7.20. The van der Waals surface area contributed by atoms with Crippen molar-refractivity contribution in [1.82, 2.24) is 19.8 Å². The van der Waals surface area contributed by atoms with Gasteiger partial charge in [-0.25, -0.2) is 4.98 Å². The highest BCUT2D eigenvalue weighted by atomic mass is 32.1. The lowest BCUT2D eigenvalue weighted by atomic mass is 10.1. The molecule has 0 saturated carbocycles. The van der Waals surface area contributed by atoms with E-state index < -0.39 is 0 Å². The van der Waals surface area contributed by atoms with Crippen LogP contribution < -0.4 is 15.0 Å². The highest BCUT2D eigenvalue weighted by Crippen LogP contribution is 2.29. The minimum atomic E-state index is -0.247. The van der Waals surface area contributed by atoms with Gasteiger partial charge in [0.25, 0.3) is 17.4 Å². The molecule has 162 valence electrons. The number of thiophene rings is 1. The molecule has 3 heterocycles. The molecule has 3 aromatic rings. The molecule has 0 spiro atoms. The Hall–Kier alpha value is -3.40. The lowest BCUT2D eigenvalue weighted by Crippen LogP contribution is -2.50. The van der Waals surface area contributed by atoms with Crippen LogP contribution in [0.4, 0.5) is 0 Å². The molecule has 1 saturated heterocycles. The third kappa shape index (κ3) is 3.74. The Morgan fingerprint density at radius 2 is 1.68 bits per heavy atom. The third-order valence-corrected chi connectivity index (χ3v) is 6.60. The molecule has 2 amide bonds. The summed E-state index contributed by atoms with van der Waals surface area (Å²) in [6.45, 7) is 3.42. The zero-order chi connectivity index (χ0) is 22.1. The maximum absolute atomic E-state index is 13.1. The quantitative estimate of drug-likeness (QED) is 0.662. The number of H-pyrrole nitrogens is 1. The molecule has 1 fully saturated rings. The number of aromatic nitrogens is 2. The van der Waals surface area contributed by atoms with Crippen molar-refractivity contribution in [3.63, 3.8) is 0 Å². The molecule has 1 aromatic carbocycles. The lowest BCUT2D eigenvalue weighted by molar-refractivity contribution is 0.0537. The van der Waals surface area contributed by atoms with Crippen LogP contribution in [0.5, 0.6) is 11.5 Å². The second-order valence-corrected chi connectivity index (χ2v) is 8.12. The van der Waals surface area contributed by atoms with Gasteiger partial charge in [-0.2, -0.15) is 0 Å². The number of nitrogens with one attached hydrogen (secondary N) is 1. The fourth-order valence-electron chi connectivity index (χ4n) is 3.69. The number of aryl methyl sites for hydroxylation is 1. The molecule has 1 aliphatic heterocycles. The van der Waals surface area contributed by atoms with E-state index >= 15 is 0 Å². The van der Waals surface area contributed by atoms with Gasteiger partial charge >= 0.3 is 0 Å². The van der Waals surface area contributed by atoms with Crippen LogP contribution in [0, 0.1) is 6.92 Å². The summed E-state index contributed by atoms with van der Waals surface area (Å²) in [4.78, 5) is 49.3. The monoisotopic (exact) mass is 442 g/mol. The number of carbonyl (C=O) groups excluding carboxylic acids is 2. The van der Waals surface area contributed by atoms with E-state index in [9.17, 15) is 14.4 Å². The summed E-state index contributed by atoms with van der Waals surface area (Å²) in [6, 6.07) is 5.06. The molecule has 0 atom stereocenters. The van der Waals surface area contributed by atoms with E-state index in [1.807, 2.05) is 0 Å². The van der Waals surface area contributed by atoms with Gasteiger partial charge < -0.3 is 24.3 Å². The molecule has 0 radical (unpaired) electrons. The van der Waals surface area contributed by atoms with Crippen LogP contribution in [0.25, 0.3) is 10.2 Å². The van der Waals surface area contributed by atoms with Crippen LogP contribution in [-0.4, -0.2) is 72.0 Å². The Kier molecular flexibility index (Phi) is 5.64. The van der Waals surface area contributed by atoms with Crippen molar-refractivity contribution in [2.75, 3.05) is 40.4 Å². The van der Waals surface area contributed by atoms with Crippen molar-refractivity contribution < 1.29 is 19.1 Å². The summed E-state index contributed by atoms with van der Waals surface area (Å²) >= 11 is 1.22. The van der Waals surface area contributed by atoms with E-state index in [1.54, 1.807) is 42.0 Å². The predicted molar refractivity (Wildman–Crippen MR) is 116 cm³/mol. The standard InChI is InChI=1S/C21H22N4O5S/c1-12-16-18(26)22-11-23-19(16)31-17(12)21(28)25-8-6-24(7-9-25)20(27)13-4-5-14(29-2)15(10-13)30-3/h4-5,10-11H,6-9H2,1-3H3,(H,22,23,26). The molecule has 1 N–H and O–H groups in total. The van der Waals surface area contributed by atoms with E-state index in [1.165, 1.54) is 24.8 Å². The first-order valence-electron chi connectivity index (χ1n) is 9.72. The molecule has 1 aliphatic rings. The lowest BCUT2D eigenvalue weighted by Gasteiger charge is -2.34. The van der Waals surface area contributed by atoms with Gasteiger partial charge in [-0.3, -0.25) is 14.4 Å². The zero-order valence-electron chi connectivity index (χ0n) is 17.4. The molecule has 10 heteroatoms. The third-order valence-electron chi connectivity index (χ3n) is 5.41. The van der Waals surface area contributed by atoms with E-state index in [2.05, 4.69) is 9.97 Å². The van der Waals surface area contributed by atoms with Crippen molar-refractivity contribution in [1.29, 1.82) is 0 Å². The highest BCUT2D eigenvalue weighted by Gasteiger charge is 2.28. The average Bonchev–Trinajstić information content (AvgIpc) is 3.15. The topological polar surface area (TPSA) is 105 Å². The number of rotatable bonds is 4. The van der Waals surface area contributed by atoms with Crippen LogP contribution in [-0.2, 0) is 0 Å². The van der Waals surface area contributed by atoms with Gasteiger partial charge in [0.15, 0.2) is 11.5 Å². The minimum absolute atomic E-state index is 0.123. The Morgan fingerprint density at radius 1 is 1.03 bits per heavy atom. The predicted octanol–water partition coefficient (Wildman–Crippen LogP) is 1.91. The van der Waals surface area contributed by atoms with Crippen molar-refractivity contribution in [2.24, 2.45) is 0 Å². The van der Waals surface area contributed by atoms with Gasteiger partial charge in [-0.1, -0.05) is 0 Å². The SMILES string of the molecule is COc1ccc(C(=O)N2CCN(C(=O)c3sc4nc[nH]c(=O)c4c3C)CC2)cc1OC. The van der Waals surface area contributed by atoms with Crippen LogP contribution in [0.2, 0.25) is 0 Å². The normalized spacial score (nSPS) is 14.0. The van der Waals surface area contributed by atoms with Crippen LogP contribution in [0.1, 0.15) is 25.6 Å². The summed E-state index contributed by atoms with van der Waals surface area (Å²) in [6.07, 6.45) is 1.34. The van der Waals surface area contributed by atoms with Crippen LogP contribution in [0.3, 0.4) is 0 Å². The molecular formula is C21H22N4O5S. The fraction of sp³-hybridized carbons (Fsp3) is 0.333. The maximum Gasteiger partial charge on any atom is 0.264 e. The Labute approximate surface area is 182 Å². The van der Waals surface area contributed by atoms with Gasteiger partial charge in [0.2, 0.25) is 0 Å². The molecule has 0 aliphatic carbocycles. The summed E-state index contributed by atoms with van der Waals surface area (Å²) in [5.74, 6) is 0.785. The van der Waals surface area contributed by atoms with Gasteiger partial charge in [-0.15, -0.1) is 11.3 Å². The van der Waals surface area contributed by atoms with E-state index in [0.717, 1.165) is 0 Å². The van der Waals surface area contributed by atoms with E-state index in [-0.39, 0.29) is 17.4 Å². The number of benzene rings is 1. The average molecular weight is 442 g/mol. The zero-order valence-corrected chi connectivity index (χ0v) is 18.2. The fourth-order valence-corrected chi connectivity index (χ4v) is 4.81. The number of hydrogen-bond acceptors (Lipinski definition) is 7. The van der Waals surface area contributed by atoms with Crippen molar-refractivity contribution >= 4 is 33.4 Å². The summed E-state index contributed by atoms with van der Waals surface area (Å²) < 4.78 is 10.5. The summed E-state index contributed by atoms with van der Waals surface area (Å²) in [7, 11) is 3.07. The Morgan fingerprint density at radius 3 is 2.29 bits per heavy atom. The molecule has 31 heavy (non-hydrogen) atoms. The molecule has 0 bridgehead atoms. The van der Waals surface area contributed by atoms with Crippen molar-refractivity contribution in [2.45, 2.75) is 6.92 Å². The molecule has 0 unspecified atom stereocenters. The number of hydrogen-bond donors (Lipinski definition) is 1. The van der Waals surface area contributed by atoms with Crippen LogP contribution >= 0.6 is 11.3 Å². The maximum atomic E-state index is 13.1. The number of ether oxygens (including phenoxy) is 2. The molecule has 4 rings (SSSR count). The first-order chi connectivity index (χ1) is 14.9. The minimum Gasteiger partial charge on any atom is -0.493 e. The first-order valence-corrected chi connectivity index (χ1v) is 10.5. The molecule has 2 aromatic heterocycles. The Balaban J connectivity index is 1.47. The smallest absolute Gasteiger partial charge is 0.264 e. The number of nitrogens with zero attached hydrogens (tertiary/aromatic N) is 3. The number of carbonyl (C=O) groups is 2. The molecular weight excluding hydrogens is 420 g/mol. The first kappa shape index (κ1) is 20.9. The van der Waals surface area contributed by atoms with Gasteiger partial charge in [0.05, 0.1) is 30.8 Å². The Bertz CT molecular complexity index is 1210. The van der Waals surface area contributed by atoms with Crippen molar-refractivity contribution in [3.8, 4) is 11.5 Å². The number of fused-ring (bicyclic) bond motifs is 1. The number of piperazine rings is 1. The van der Waals surface area contributed by atoms with Crippen LogP contribution in [0.15, 0.2) is 29.3 Å². The van der Waals surface area contributed by atoms with E-state index in [0.29, 0.717) is 63.9 Å². The number of methoxy groups -OCH3 is 2. The van der Waals surface area contributed by atoms with Crippen molar-refractivity contribution in [3.05, 3.63) is 50.9 Å². The second-order valence-electron chi connectivity index (χ2n) is 7.12. The van der Waals surface area contributed by atoms with Gasteiger partial charge in [0, 0.05) is 31.7 Å². The van der Waals surface area contributed by atoms with Gasteiger partial charge in [-0.05, 0) is 30.7 Å². The second kappa shape index (κ2) is 8.38. The number of aromatic amines is 1. The van der Waals surface area contributed by atoms with E-state index in [4.69, 9.17) is 9.47 Å². The number of amides is 2.